The van der Waals surface area contributed by atoms with Crippen LogP contribution in [0, 0.1) is 17.4 Å². The lowest BCUT2D eigenvalue weighted by molar-refractivity contribution is 1.31. The van der Waals surface area contributed by atoms with E-state index in [-0.39, 0.29) is 0 Å². The van der Waals surface area contributed by atoms with E-state index in [2.05, 4.69) is 64.5 Å². The van der Waals surface area contributed by atoms with Crippen LogP contribution in [0.15, 0.2) is 16.6 Å². The number of hydrogen-bond acceptors (Lipinski definition) is 0. The van der Waals surface area contributed by atoms with Gasteiger partial charge in [0.2, 0.25) is 0 Å². The van der Waals surface area contributed by atoms with Gasteiger partial charge in [-0.1, -0.05) is 22.0 Å². The van der Waals surface area contributed by atoms with E-state index in [1.54, 1.807) is 0 Å². The molecule has 10 heavy (non-hydrogen) atoms. The Labute approximate surface area is 83.3 Å². The summed E-state index contributed by atoms with van der Waals surface area (Å²) in [6.07, 6.45) is 0. The van der Waals surface area contributed by atoms with Crippen molar-refractivity contribution in [1.82, 2.24) is 0 Å². The molecule has 54 valence electrons. The van der Waals surface area contributed by atoms with Crippen LogP contribution in [0.2, 0.25) is 0 Å². The maximum absolute atomic E-state index is 3.48. The minimum Gasteiger partial charge on any atom is -0.0571 e. The lowest BCUT2D eigenvalue weighted by atomic mass is 10.2. The van der Waals surface area contributed by atoms with E-state index in [9.17, 15) is 0 Å². The normalized spacial score (nSPS) is 10.0. The highest BCUT2D eigenvalue weighted by Crippen LogP contribution is 2.23. The number of halogens is 2. The van der Waals surface area contributed by atoms with Gasteiger partial charge in [0.15, 0.2) is 0 Å². The fourth-order valence-corrected chi connectivity index (χ4v) is 1.97. The van der Waals surface area contributed by atoms with Gasteiger partial charge < -0.3 is 0 Å². The van der Waals surface area contributed by atoms with Crippen LogP contribution in [-0.2, 0) is 0 Å². The molecule has 0 aliphatic rings. The average molecular weight is 311 g/mol. The summed E-state index contributed by atoms with van der Waals surface area (Å²) in [6.45, 7) is 4.25. The summed E-state index contributed by atoms with van der Waals surface area (Å²) in [5.74, 6) is 0. The largest absolute Gasteiger partial charge is 0.0571 e. The molecule has 0 bridgehead atoms. The molecular formula is C8H8BrI. The standard InChI is InChI=1S/C8H8BrI/c1-5-3-4-7(9)6(2)8(5)10/h3-4H,1-2H3. The van der Waals surface area contributed by atoms with Crippen molar-refractivity contribution in [3.8, 4) is 0 Å². The summed E-state index contributed by atoms with van der Waals surface area (Å²) in [7, 11) is 0. The maximum Gasteiger partial charge on any atom is 0.0215 e. The van der Waals surface area contributed by atoms with E-state index in [0.29, 0.717) is 0 Å². The predicted octanol–water partition coefficient (Wildman–Crippen LogP) is 3.67. The molecule has 0 heterocycles. The molecule has 1 rings (SSSR count). The molecule has 0 N–H and O–H groups in total. The first kappa shape index (κ1) is 8.53. The second-order valence-electron chi connectivity index (χ2n) is 2.30. The van der Waals surface area contributed by atoms with Gasteiger partial charge in [-0.2, -0.15) is 0 Å². The van der Waals surface area contributed by atoms with Gasteiger partial charge in [-0.3, -0.25) is 0 Å². The topological polar surface area (TPSA) is 0 Å². The van der Waals surface area contributed by atoms with Crippen LogP contribution in [0.4, 0.5) is 0 Å². The molecule has 0 nitrogen and oxygen atoms in total. The number of aryl methyl sites for hydroxylation is 1. The van der Waals surface area contributed by atoms with Crippen molar-refractivity contribution in [2.24, 2.45) is 0 Å². The third-order valence-electron chi connectivity index (χ3n) is 1.51. The van der Waals surface area contributed by atoms with Gasteiger partial charge in [-0.15, -0.1) is 0 Å². The van der Waals surface area contributed by atoms with Crippen molar-refractivity contribution in [1.29, 1.82) is 0 Å². The van der Waals surface area contributed by atoms with Gasteiger partial charge in [0, 0.05) is 8.04 Å². The van der Waals surface area contributed by atoms with E-state index in [1.807, 2.05) is 0 Å². The Hall–Kier alpha value is 0.430. The minimum absolute atomic E-state index is 1.20. The van der Waals surface area contributed by atoms with Crippen LogP contribution >= 0.6 is 38.5 Å². The van der Waals surface area contributed by atoms with Crippen LogP contribution in [0.3, 0.4) is 0 Å². The summed E-state index contributed by atoms with van der Waals surface area (Å²) in [6, 6.07) is 4.21. The fourth-order valence-electron chi connectivity index (χ4n) is 0.797. The van der Waals surface area contributed by atoms with Crippen molar-refractivity contribution in [3.63, 3.8) is 0 Å². The maximum atomic E-state index is 3.48. The molecule has 0 aliphatic heterocycles. The molecule has 0 unspecified atom stereocenters. The highest BCUT2D eigenvalue weighted by molar-refractivity contribution is 14.1. The molecule has 0 radical (unpaired) electrons. The summed E-state index contributed by atoms with van der Waals surface area (Å²) in [5, 5.41) is 0. The van der Waals surface area contributed by atoms with E-state index >= 15 is 0 Å². The Balaban J connectivity index is 3.34. The highest BCUT2D eigenvalue weighted by Gasteiger charge is 2.00. The second-order valence-corrected chi connectivity index (χ2v) is 4.24. The molecule has 0 saturated carbocycles. The average Bonchev–Trinajstić information content (AvgIpc) is 1.93. The van der Waals surface area contributed by atoms with Crippen LogP contribution in [-0.4, -0.2) is 0 Å². The third kappa shape index (κ3) is 1.53. The third-order valence-corrected chi connectivity index (χ3v) is 4.03. The fraction of sp³-hybridized carbons (Fsp3) is 0.250. The molecule has 0 fully saturated rings. The molecule has 0 aromatic heterocycles. The van der Waals surface area contributed by atoms with Gasteiger partial charge >= 0.3 is 0 Å². The quantitative estimate of drug-likeness (QED) is 0.641. The van der Waals surface area contributed by atoms with Crippen molar-refractivity contribution >= 4 is 38.5 Å². The van der Waals surface area contributed by atoms with E-state index in [0.717, 1.165) is 0 Å². The van der Waals surface area contributed by atoms with Gasteiger partial charge in [-0.05, 0) is 53.6 Å². The Kier molecular flexibility index (Phi) is 2.74. The van der Waals surface area contributed by atoms with Crippen LogP contribution < -0.4 is 0 Å². The molecule has 0 saturated heterocycles. The molecule has 1 aromatic rings. The Morgan fingerprint density at radius 1 is 1.30 bits per heavy atom. The van der Waals surface area contributed by atoms with Crippen LogP contribution in [0.1, 0.15) is 11.1 Å². The monoisotopic (exact) mass is 310 g/mol. The van der Waals surface area contributed by atoms with Crippen molar-refractivity contribution < 1.29 is 0 Å². The molecule has 0 aliphatic carbocycles. The van der Waals surface area contributed by atoms with Crippen molar-refractivity contribution in [2.45, 2.75) is 13.8 Å². The van der Waals surface area contributed by atoms with Gasteiger partial charge in [0.25, 0.3) is 0 Å². The summed E-state index contributed by atoms with van der Waals surface area (Å²) in [5.41, 5.74) is 2.68. The van der Waals surface area contributed by atoms with Crippen LogP contribution in [0.5, 0.6) is 0 Å². The summed E-state index contributed by atoms with van der Waals surface area (Å²) < 4.78 is 2.55. The minimum atomic E-state index is 1.20. The molecule has 0 amide bonds. The Bertz CT molecular complexity index is 229. The first-order valence-corrected chi connectivity index (χ1v) is 4.91. The zero-order chi connectivity index (χ0) is 7.72. The second kappa shape index (κ2) is 3.22. The molecule has 1 aromatic carbocycles. The smallest absolute Gasteiger partial charge is 0.0215 e. The highest BCUT2D eigenvalue weighted by atomic mass is 127. The van der Waals surface area contributed by atoms with E-state index in [1.165, 1.54) is 19.2 Å². The van der Waals surface area contributed by atoms with Gasteiger partial charge in [0.05, 0.1) is 0 Å². The molecule has 2 heteroatoms. The summed E-state index contributed by atoms with van der Waals surface area (Å²) >= 11 is 5.84. The predicted molar refractivity (Wildman–Crippen MR) is 56.3 cm³/mol. The lowest BCUT2D eigenvalue weighted by Gasteiger charge is -2.03. The van der Waals surface area contributed by atoms with Crippen molar-refractivity contribution in [2.75, 3.05) is 0 Å². The lowest BCUT2D eigenvalue weighted by Crippen LogP contribution is -1.85. The van der Waals surface area contributed by atoms with Gasteiger partial charge in [0.1, 0.15) is 0 Å². The molecular weight excluding hydrogens is 303 g/mol. The van der Waals surface area contributed by atoms with Gasteiger partial charge in [-0.25, -0.2) is 0 Å². The number of benzene rings is 1. The van der Waals surface area contributed by atoms with E-state index < -0.39 is 0 Å². The Morgan fingerprint density at radius 2 is 1.90 bits per heavy atom. The first-order chi connectivity index (χ1) is 4.63. The number of hydrogen-bond donors (Lipinski definition) is 0. The molecule has 0 atom stereocenters. The van der Waals surface area contributed by atoms with Crippen molar-refractivity contribution in [3.05, 3.63) is 31.3 Å². The molecule has 0 spiro atoms. The zero-order valence-corrected chi connectivity index (χ0v) is 9.65. The number of rotatable bonds is 0. The first-order valence-electron chi connectivity index (χ1n) is 3.04. The SMILES string of the molecule is Cc1ccc(Br)c(C)c1I. The Morgan fingerprint density at radius 3 is 2.40 bits per heavy atom. The van der Waals surface area contributed by atoms with E-state index in [4.69, 9.17) is 0 Å². The zero-order valence-electron chi connectivity index (χ0n) is 5.91. The summed E-state index contributed by atoms with van der Waals surface area (Å²) in [4.78, 5) is 0. The van der Waals surface area contributed by atoms with Crippen LogP contribution in [0.25, 0.3) is 0 Å².